The summed E-state index contributed by atoms with van der Waals surface area (Å²) in [4.78, 5) is 16.6. The second-order valence-corrected chi connectivity index (χ2v) is 7.09. The van der Waals surface area contributed by atoms with Crippen LogP contribution in [0.15, 0.2) is 18.2 Å². The number of benzene rings is 1. The van der Waals surface area contributed by atoms with E-state index >= 15 is 0 Å². The van der Waals surface area contributed by atoms with Crippen LogP contribution in [0.4, 0.5) is 0 Å². The fourth-order valence-corrected chi connectivity index (χ4v) is 3.27. The molecule has 0 bridgehead atoms. The van der Waals surface area contributed by atoms with E-state index in [1.165, 1.54) is 0 Å². The first-order valence-electron chi connectivity index (χ1n) is 7.87. The maximum atomic E-state index is 12.7. The van der Waals surface area contributed by atoms with Crippen molar-refractivity contribution in [2.75, 3.05) is 20.1 Å². The van der Waals surface area contributed by atoms with Crippen LogP contribution < -0.4 is 0 Å². The minimum absolute atomic E-state index is 0.0718. The number of carbonyl (C=O) groups is 1. The van der Waals surface area contributed by atoms with E-state index in [2.05, 4.69) is 0 Å². The summed E-state index contributed by atoms with van der Waals surface area (Å²) in [7, 11) is 1.92. The molecule has 3 atom stereocenters. The Morgan fingerprint density at radius 1 is 1.35 bits per heavy atom. The van der Waals surface area contributed by atoms with Gasteiger partial charge in [-0.05, 0) is 39.4 Å². The van der Waals surface area contributed by atoms with E-state index in [-0.39, 0.29) is 24.2 Å². The van der Waals surface area contributed by atoms with Crippen molar-refractivity contribution in [3.63, 3.8) is 0 Å². The van der Waals surface area contributed by atoms with Gasteiger partial charge >= 0.3 is 0 Å². The quantitative estimate of drug-likeness (QED) is 0.826. The molecule has 4 nitrogen and oxygen atoms in total. The smallest absolute Gasteiger partial charge is 0.239 e. The molecule has 0 N–H and O–H groups in total. The van der Waals surface area contributed by atoms with E-state index in [0.29, 0.717) is 29.7 Å². The number of carbonyl (C=O) groups excluding carboxylic acids is 1. The van der Waals surface area contributed by atoms with Gasteiger partial charge in [-0.25, -0.2) is 0 Å². The van der Waals surface area contributed by atoms with E-state index in [1.54, 1.807) is 6.07 Å². The number of halogens is 2. The van der Waals surface area contributed by atoms with Crippen LogP contribution in [0, 0.1) is 0 Å². The maximum absolute atomic E-state index is 12.7. The largest absolute Gasteiger partial charge is 0.372 e. The Kier molecular flexibility index (Phi) is 6.32. The fourth-order valence-electron chi connectivity index (χ4n) is 2.89. The predicted molar refractivity (Wildman–Crippen MR) is 94.0 cm³/mol. The summed E-state index contributed by atoms with van der Waals surface area (Å²) in [5.74, 6) is 0.118. The lowest BCUT2D eigenvalue weighted by Gasteiger charge is -2.38. The molecule has 1 saturated heterocycles. The van der Waals surface area contributed by atoms with Crippen LogP contribution in [-0.2, 0) is 16.1 Å². The summed E-state index contributed by atoms with van der Waals surface area (Å²) in [6.07, 6.45) is 0.144. The maximum Gasteiger partial charge on any atom is 0.239 e. The molecule has 1 aromatic rings. The van der Waals surface area contributed by atoms with Crippen LogP contribution >= 0.6 is 23.2 Å². The number of hydrogen-bond acceptors (Lipinski definition) is 3. The van der Waals surface area contributed by atoms with Crippen molar-refractivity contribution in [1.29, 1.82) is 0 Å². The number of rotatable bonds is 4. The average Bonchev–Trinajstić information content (AvgIpc) is 2.49. The Bertz CT molecular complexity index is 558. The van der Waals surface area contributed by atoms with E-state index in [4.69, 9.17) is 27.9 Å². The van der Waals surface area contributed by atoms with E-state index in [1.807, 2.05) is 49.8 Å². The van der Waals surface area contributed by atoms with Crippen molar-refractivity contribution in [2.45, 2.75) is 45.6 Å². The van der Waals surface area contributed by atoms with Gasteiger partial charge in [-0.3, -0.25) is 9.69 Å². The third kappa shape index (κ3) is 4.60. The van der Waals surface area contributed by atoms with Gasteiger partial charge in [-0.1, -0.05) is 35.3 Å². The molecule has 1 fully saturated rings. The third-order valence-corrected chi connectivity index (χ3v) is 5.06. The van der Waals surface area contributed by atoms with E-state index in [9.17, 15) is 4.79 Å². The number of nitrogens with zero attached hydrogens (tertiary/aromatic N) is 2. The van der Waals surface area contributed by atoms with Crippen LogP contribution in [0.1, 0.15) is 26.3 Å². The molecule has 1 aliphatic rings. The number of amides is 1. The van der Waals surface area contributed by atoms with Crippen molar-refractivity contribution in [1.82, 2.24) is 9.80 Å². The average molecular weight is 359 g/mol. The molecule has 0 aliphatic carbocycles. The molecular formula is C17H24Cl2N2O2. The zero-order valence-corrected chi connectivity index (χ0v) is 15.6. The monoisotopic (exact) mass is 358 g/mol. The topological polar surface area (TPSA) is 32.8 Å². The second kappa shape index (κ2) is 7.84. The molecule has 1 aromatic carbocycles. The Morgan fingerprint density at radius 2 is 1.96 bits per heavy atom. The highest BCUT2D eigenvalue weighted by Gasteiger charge is 2.30. The van der Waals surface area contributed by atoms with E-state index in [0.717, 1.165) is 5.56 Å². The van der Waals surface area contributed by atoms with Crippen molar-refractivity contribution in [3.8, 4) is 0 Å². The summed E-state index contributed by atoms with van der Waals surface area (Å²) in [6, 6.07) is 5.33. The summed E-state index contributed by atoms with van der Waals surface area (Å²) in [5, 5.41) is 1.08. The molecule has 0 aromatic heterocycles. The van der Waals surface area contributed by atoms with E-state index < -0.39 is 0 Å². The van der Waals surface area contributed by atoms with Crippen molar-refractivity contribution >= 4 is 29.1 Å². The summed E-state index contributed by atoms with van der Waals surface area (Å²) in [6.45, 7) is 7.76. The fraction of sp³-hybridized carbons (Fsp3) is 0.588. The lowest BCUT2D eigenvalue weighted by molar-refractivity contribution is -0.147. The summed E-state index contributed by atoms with van der Waals surface area (Å²) in [5.41, 5.74) is 0.921. The second-order valence-electron chi connectivity index (χ2n) is 6.30. The molecule has 2 rings (SSSR count). The van der Waals surface area contributed by atoms with Crippen LogP contribution in [-0.4, -0.2) is 54.1 Å². The normalized spacial score (nSPS) is 23.2. The lowest BCUT2D eigenvalue weighted by atomic mass is 10.1. The van der Waals surface area contributed by atoms with Gasteiger partial charge in [0.05, 0.1) is 28.3 Å². The first kappa shape index (κ1) is 18.5. The molecule has 1 aliphatic heterocycles. The highest BCUT2D eigenvalue weighted by molar-refractivity contribution is 6.42. The highest BCUT2D eigenvalue weighted by atomic mass is 35.5. The van der Waals surface area contributed by atoms with Gasteiger partial charge in [0.2, 0.25) is 5.91 Å². The molecule has 1 amide bonds. The van der Waals surface area contributed by atoms with Crippen molar-refractivity contribution < 1.29 is 9.53 Å². The van der Waals surface area contributed by atoms with Crippen molar-refractivity contribution in [3.05, 3.63) is 33.8 Å². The van der Waals surface area contributed by atoms with Gasteiger partial charge in [0.1, 0.15) is 0 Å². The number of morpholine rings is 1. The predicted octanol–water partition coefficient (Wildman–Crippen LogP) is 3.45. The molecule has 23 heavy (non-hydrogen) atoms. The molecule has 0 radical (unpaired) electrons. The number of ether oxygens (including phenoxy) is 1. The SMILES string of the molecule is CC1CN(C(=O)C(C)N(C)Cc2cccc(Cl)c2Cl)CC(C)O1. The molecule has 128 valence electrons. The first-order valence-corrected chi connectivity index (χ1v) is 8.62. The highest BCUT2D eigenvalue weighted by Crippen LogP contribution is 2.26. The molecular weight excluding hydrogens is 335 g/mol. The van der Waals surface area contributed by atoms with Gasteiger partial charge < -0.3 is 9.64 Å². The number of likely N-dealkylation sites (N-methyl/N-ethyl adjacent to an activating group) is 1. The Labute approximate surface area is 148 Å². The van der Waals surface area contributed by atoms with Gasteiger partial charge in [0.15, 0.2) is 0 Å². The zero-order chi connectivity index (χ0) is 17.1. The third-order valence-electron chi connectivity index (χ3n) is 4.20. The summed E-state index contributed by atoms with van der Waals surface area (Å²) >= 11 is 12.3. The van der Waals surface area contributed by atoms with Gasteiger partial charge in [0, 0.05) is 19.6 Å². The molecule has 6 heteroatoms. The van der Waals surface area contributed by atoms with Gasteiger partial charge in [-0.2, -0.15) is 0 Å². The molecule has 3 unspecified atom stereocenters. The lowest BCUT2D eigenvalue weighted by Crippen LogP contribution is -2.53. The Morgan fingerprint density at radius 3 is 2.57 bits per heavy atom. The minimum atomic E-state index is -0.234. The Hall–Kier alpha value is -0.810. The molecule has 0 spiro atoms. The van der Waals surface area contributed by atoms with Gasteiger partial charge in [-0.15, -0.1) is 0 Å². The van der Waals surface area contributed by atoms with Gasteiger partial charge in [0.25, 0.3) is 0 Å². The summed E-state index contributed by atoms with van der Waals surface area (Å²) < 4.78 is 5.69. The first-order chi connectivity index (χ1) is 10.8. The molecule has 1 heterocycles. The van der Waals surface area contributed by atoms with Crippen LogP contribution in [0.3, 0.4) is 0 Å². The number of hydrogen-bond donors (Lipinski definition) is 0. The van der Waals surface area contributed by atoms with Crippen LogP contribution in [0.2, 0.25) is 10.0 Å². The van der Waals surface area contributed by atoms with Crippen molar-refractivity contribution in [2.24, 2.45) is 0 Å². The van der Waals surface area contributed by atoms with Crippen LogP contribution in [0.5, 0.6) is 0 Å². The zero-order valence-electron chi connectivity index (χ0n) is 14.1. The minimum Gasteiger partial charge on any atom is -0.372 e. The van der Waals surface area contributed by atoms with Crippen LogP contribution in [0.25, 0.3) is 0 Å². The molecule has 0 saturated carbocycles. The standard InChI is InChI=1S/C17H24Cl2N2O2/c1-11-8-21(9-12(2)23-11)17(22)13(3)20(4)10-14-6-5-7-15(18)16(14)19/h5-7,11-13H,8-10H2,1-4H3. The Balaban J connectivity index is 2.02.